The topological polar surface area (TPSA) is 76.9 Å². The van der Waals surface area contributed by atoms with Crippen LogP contribution in [0.15, 0.2) is 58.2 Å². The van der Waals surface area contributed by atoms with Gasteiger partial charge in [0.1, 0.15) is 5.82 Å². The van der Waals surface area contributed by atoms with E-state index >= 15 is 0 Å². The maximum atomic E-state index is 12.5. The molecule has 2 aromatic carbocycles. The second kappa shape index (κ2) is 9.84. The number of nitrogens with one attached hydrogen (secondary N) is 1. The normalized spacial score (nSPS) is 10.7. The summed E-state index contributed by atoms with van der Waals surface area (Å²) >= 11 is 4.73. The predicted molar refractivity (Wildman–Crippen MR) is 118 cm³/mol. The van der Waals surface area contributed by atoms with Gasteiger partial charge in [0.15, 0.2) is 10.9 Å². The lowest BCUT2D eigenvalue weighted by atomic mass is 10.2. The Bertz CT molecular complexity index is 1000. The fourth-order valence-electron chi connectivity index (χ4n) is 2.71. The summed E-state index contributed by atoms with van der Waals surface area (Å²) < 4.78 is 2.88. The second-order valence-corrected chi connectivity index (χ2v) is 8.38. The first-order valence-electron chi connectivity index (χ1n) is 9.11. The van der Waals surface area contributed by atoms with Crippen molar-refractivity contribution < 1.29 is 9.59 Å². The zero-order valence-electron chi connectivity index (χ0n) is 16.2. The molecule has 0 aliphatic heterocycles. The molecule has 0 saturated carbocycles. The summed E-state index contributed by atoms with van der Waals surface area (Å²) in [6.45, 7) is 3.99. The third-order valence-corrected chi connectivity index (χ3v) is 5.67. The summed E-state index contributed by atoms with van der Waals surface area (Å²) in [5, 5.41) is 12.0. The number of rotatable bonds is 8. The molecule has 0 radical (unpaired) electrons. The third-order valence-electron chi connectivity index (χ3n) is 4.21. The molecule has 0 bridgehead atoms. The SMILES string of the molecule is CC(=O)NCCc1nnc(SCC(=O)c2ccc(Br)cc2)n1-c1ccc(C)cc1. The van der Waals surface area contributed by atoms with Gasteiger partial charge in [-0.1, -0.05) is 57.5 Å². The van der Waals surface area contributed by atoms with E-state index in [2.05, 4.69) is 31.4 Å². The van der Waals surface area contributed by atoms with Crippen LogP contribution in [0.5, 0.6) is 0 Å². The Hall–Kier alpha value is -2.45. The van der Waals surface area contributed by atoms with E-state index in [0.717, 1.165) is 21.5 Å². The maximum Gasteiger partial charge on any atom is 0.216 e. The minimum atomic E-state index is -0.0823. The lowest BCUT2D eigenvalue weighted by Gasteiger charge is -2.11. The first-order valence-corrected chi connectivity index (χ1v) is 10.9. The Morgan fingerprint density at radius 1 is 1.07 bits per heavy atom. The predicted octanol–water partition coefficient (Wildman–Crippen LogP) is 3.99. The van der Waals surface area contributed by atoms with Gasteiger partial charge in [-0.2, -0.15) is 0 Å². The lowest BCUT2D eigenvalue weighted by Crippen LogP contribution is -2.23. The van der Waals surface area contributed by atoms with Crippen molar-refractivity contribution >= 4 is 39.4 Å². The number of aryl methyl sites for hydroxylation is 1. The number of nitrogens with zero attached hydrogens (tertiary/aromatic N) is 3. The van der Waals surface area contributed by atoms with Crippen LogP contribution in [0.1, 0.15) is 28.7 Å². The Balaban J connectivity index is 1.80. The zero-order chi connectivity index (χ0) is 20.8. The molecule has 3 rings (SSSR count). The van der Waals surface area contributed by atoms with Crippen molar-refractivity contribution in [3.05, 3.63) is 70.0 Å². The highest BCUT2D eigenvalue weighted by Gasteiger charge is 2.16. The van der Waals surface area contributed by atoms with Crippen molar-refractivity contribution in [2.24, 2.45) is 0 Å². The number of benzene rings is 2. The molecule has 1 N–H and O–H groups in total. The molecule has 0 spiro atoms. The number of hydrogen-bond donors (Lipinski definition) is 1. The fourth-order valence-corrected chi connectivity index (χ4v) is 3.84. The van der Waals surface area contributed by atoms with Gasteiger partial charge in [0.2, 0.25) is 5.91 Å². The van der Waals surface area contributed by atoms with Crippen LogP contribution in [0.3, 0.4) is 0 Å². The minimum absolute atomic E-state index is 0.0285. The van der Waals surface area contributed by atoms with Crippen LogP contribution in [0.25, 0.3) is 5.69 Å². The van der Waals surface area contributed by atoms with Gasteiger partial charge in [-0.05, 0) is 31.2 Å². The monoisotopic (exact) mass is 472 g/mol. The number of halogens is 1. The van der Waals surface area contributed by atoms with Gasteiger partial charge in [-0.15, -0.1) is 10.2 Å². The van der Waals surface area contributed by atoms with E-state index in [9.17, 15) is 9.59 Å². The lowest BCUT2D eigenvalue weighted by molar-refractivity contribution is -0.118. The van der Waals surface area contributed by atoms with E-state index in [1.807, 2.05) is 47.9 Å². The van der Waals surface area contributed by atoms with Gasteiger partial charge in [0, 0.05) is 35.6 Å². The molecule has 150 valence electrons. The van der Waals surface area contributed by atoms with Gasteiger partial charge in [-0.3, -0.25) is 14.2 Å². The highest BCUT2D eigenvalue weighted by molar-refractivity contribution is 9.10. The number of amides is 1. The first kappa shape index (κ1) is 21.3. The van der Waals surface area contributed by atoms with Gasteiger partial charge in [0.25, 0.3) is 0 Å². The van der Waals surface area contributed by atoms with Crippen molar-refractivity contribution in [3.63, 3.8) is 0 Å². The Kier molecular flexibility index (Phi) is 7.22. The Morgan fingerprint density at radius 2 is 1.76 bits per heavy atom. The molecule has 3 aromatic rings. The molecule has 0 aliphatic carbocycles. The average Bonchev–Trinajstić information content (AvgIpc) is 3.10. The Morgan fingerprint density at radius 3 is 2.41 bits per heavy atom. The van der Waals surface area contributed by atoms with Crippen molar-refractivity contribution in [1.82, 2.24) is 20.1 Å². The molecule has 6 nitrogen and oxygen atoms in total. The summed E-state index contributed by atoms with van der Waals surface area (Å²) in [7, 11) is 0. The van der Waals surface area contributed by atoms with Gasteiger partial charge >= 0.3 is 0 Å². The summed E-state index contributed by atoms with van der Waals surface area (Å²) in [4.78, 5) is 23.7. The standard InChI is InChI=1S/C21H21BrN4O2S/c1-14-3-9-18(10-4-14)26-20(11-12-23-15(2)27)24-25-21(26)29-13-19(28)16-5-7-17(22)8-6-16/h3-10H,11-13H2,1-2H3,(H,23,27). The molecule has 0 unspecified atom stereocenters. The quantitative estimate of drug-likeness (QED) is 0.396. The van der Waals surface area contributed by atoms with E-state index in [4.69, 9.17) is 0 Å². The second-order valence-electron chi connectivity index (χ2n) is 6.52. The average molecular weight is 473 g/mol. The van der Waals surface area contributed by atoms with E-state index < -0.39 is 0 Å². The summed E-state index contributed by atoms with van der Waals surface area (Å²) in [6, 6.07) is 15.4. The first-order chi connectivity index (χ1) is 13.9. The van der Waals surface area contributed by atoms with E-state index in [1.54, 1.807) is 12.1 Å². The molecular formula is C21H21BrN4O2S. The van der Waals surface area contributed by atoms with Crippen LogP contribution < -0.4 is 5.32 Å². The van der Waals surface area contributed by atoms with Gasteiger partial charge in [0.05, 0.1) is 5.75 Å². The molecule has 1 amide bonds. The molecule has 0 saturated heterocycles. The van der Waals surface area contributed by atoms with Gasteiger partial charge in [-0.25, -0.2) is 0 Å². The number of ketones is 1. The van der Waals surface area contributed by atoms with Crippen LogP contribution in [0.2, 0.25) is 0 Å². The van der Waals surface area contributed by atoms with Crippen molar-refractivity contribution in [2.45, 2.75) is 25.4 Å². The minimum Gasteiger partial charge on any atom is -0.356 e. The summed E-state index contributed by atoms with van der Waals surface area (Å²) in [6.07, 6.45) is 0.543. The summed E-state index contributed by atoms with van der Waals surface area (Å²) in [5.41, 5.74) is 2.74. The Labute approximate surface area is 182 Å². The van der Waals surface area contributed by atoms with Crippen LogP contribution in [-0.4, -0.2) is 38.8 Å². The molecule has 8 heteroatoms. The number of thioether (sulfide) groups is 1. The molecule has 0 aliphatic rings. The number of Topliss-reactive ketones (excluding diaryl/α,β-unsaturated/α-hetero) is 1. The van der Waals surface area contributed by atoms with Crippen LogP contribution in [-0.2, 0) is 11.2 Å². The third kappa shape index (κ3) is 5.77. The van der Waals surface area contributed by atoms with Crippen molar-refractivity contribution in [3.8, 4) is 5.69 Å². The van der Waals surface area contributed by atoms with Crippen molar-refractivity contribution in [1.29, 1.82) is 0 Å². The van der Waals surface area contributed by atoms with E-state index in [0.29, 0.717) is 23.7 Å². The maximum absolute atomic E-state index is 12.5. The largest absolute Gasteiger partial charge is 0.356 e. The molecular weight excluding hydrogens is 452 g/mol. The van der Waals surface area contributed by atoms with Crippen molar-refractivity contribution in [2.75, 3.05) is 12.3 Å². The number of hydrogen-bond acceptors (Lipinski definition) is 5. The number of carbonyl (C=O) groups is 2. The fraction of sp³-hybridized carbons (Fsp3) is 0.238. The van der Waals surface area contributed by atoms with Gasteiger partial charge < -0.3 is 5.32 Å². The smallest absolute Gasteiger partial charge is 0.216 e. The van der Waals surface area contributed by atoms with E-state index in [1.165, 1.54) is 18.7 Å². The molecule has 0 fully saturated rings. The van der Waals surface area contributed by atoms with Crippen LogP contribution >= 0.6 is 27.7 Å². The number of aromatic nitrogens is 3. The highest BCUT2D eigenvalue weighted by atomic mass is 79.9. The van der Waals surface area contributed by atoms with E-state index in [-0.39, 0.29) is 17.4 Å². The highest BCUT2D eigenvalue weighted by Crippen LogP contribution is 2.24. The van der Waals surface area contributed by atoms with Crippen LogP contribution in [0.4, 0.5) is 0 Å². The molecule has 29 heavy (non-hydrogen) atoms. The number of carbonyl (C=O) groups excluding carboxylic acids is 2. The zero-order valence-corrected chi connectivity index (χ0v) is 18.6. The molecule has 1 heterocycles. The molecule has 1 aromatic heterocycles. The molecule has 0 atom stereocenters. The van der Waals surface area contributed by atoms with Crippen LogP contribution in [0, 0.1) is 6.92 Å². The summed E-state index contributed by atoms with van der Waals surface area (Å²) in [5.74, 6) is 0.945.